The van der Waals surface area contributed by atoms with Crippen molar-refractivity contribution in [2.45, 2.75) is 38.0 Å². The normalized spacial score (nSPS) is 15.8. The fourth-order valence-corrected chi connectivity index (χ4v) is 2.87. The summed E-state index contributed by atoms with van der Waals surface area (Å²) in [6.45, 7) is 0.902. The monoisotopic (exact) mass is 317 g/mol. The second-order valence-electron chi connectivity index (χ2n) is 6.24. The van der Waals surface area contributed by atoms with E-state index in [0.717, 1.165) is 24.5 Å². The van der Waals surface area contributed by atoms with E-state index >= 15 is 0 Å². The fraction of sp³-hybridized carbons (Fsp3) is 0.368. The molecule has 122 valence electrons. The van der Waals surface area contributed by atoms with Crippen molar-refractivity contribution in [2.75, 3.05) is 6.54 Å². The van der Waals surface area contributed by atoms with Gasteiger partial charge in [0.1, 0.15) is 11.6 Å². The smallest absolute Gasteiger partial charge is 0.130 e. The lowest BCUT2D eigenvalue weighted by atomic mass is 10.1. The van der Waals surface area contributed by atoms with Crippen molar-refractivity contribution < 1.29 is 13.9 Å². The first kappa shape index (κ1) is 16.1. The summed E-state index contributed by atoms with van der Waals surface area (Å²) in [7, 11) is 0. The molecule has 1 unspecified atom stereocenters. The Morgan fingerprint density at radius 3 is 2.48 bits per heavy atom. The number of hydrogen-bond donors (Lipinski definition) is 1. The van der Waals surface area contributed by atoms with Crippen LogP contribution in [-0.4, -0.2) is 28.7 Å². The van der Waals surface area contributed by atoms with Crippen molar-refractivity contribution in [3.8, 4) is 0 Å². The Morgan fingerprint density at radius 2 is 1.83 bits per heavy atom. The molecule has 1 aliphatic carbocycles. The van der Waals surface area contributed by atoms with Crippen LogP contribution in [0.15, 0.2) is 48.5 Å². The molecule has 0 bridgehead atoms. The third-order valence-electron chi connectivity index (χ3n) is 4.21. The van der Waals surface area contributed by atoms with Gasteiger partial charge < -0.3 is 5.11 Å². The van der Waals surface area contributed by atoms with Gasteiger partial charge in [-0.05, 0) is 30.9 Å². The highest BCUT2D eigenvalue weighted by Crippen LogP contribution is 2.29. The Kier molecular flexibility index (Phi) is 5.03. The molecular formula is C19H21F2NO. The maximum absolute atomic E-state index is 13.8. The highest BCUT2D eigenvalue weighted by Gasteiger charge is 2.30. The van der Waals surface area contributed by atoms with E-state index in [9.17, 15) is 13.9 Å². The van der Waals surface area contributed by atoms with Crippen molar-refractivity contribution in [2.24, 2.45) is 0 Å². The van der Waals surface area contributed by atoms with Crippen LogP contribution in [0.4, 0.5) is 8.78 Å². The van der Waals surface area contributed by atoms with Gasteiger partial charge in [0.2, 0.25) is 0 Å². The van der Waals surface area contributed by atoms with E-state index in [4.69, 9.17) is 0 Å². The van der Waals surface area contributed by atoms with Crippen molar-refractivity contribution in [1.82, 2.24) is 4.90 Å². The predicted octanol–water partition coefficient (Wildman–Crippen LogP) is 3.53. The Morgan fingerprint density at radius 1 is 1.09 bits per heavy atom. The third-order valence-corrected chi connectivity index (χ3v) is 4.21. The SMILES string of the molecule is OC(Cc1ccccc1)CN(Cc1ccc(F)cc1F)C1CC1. The van der Waals surface area contributed by atoms with Gasteiger partial charge in [-0.1, -0.05) is 36.4 Å². The number of nitrogens with zero attached hydrogens (tertiary/aromatic N) is 1. The molecule has 0 aromatic heterocycles. The van der Waals surface area contributed by atoms with Crippen LogP contribution >= 0.6 is 0 Å². The maximum Gasteiger partial charge on any atom is 0.130 e. The van der Waals surface area contributed by atoms with Gasteiger partial charge in [-0.3, -0.25) is 4.90 Å². The first-order valence-corrected chi connectivity index (χ1v) is 8.02. The topological polar surface area (TPSA) is 23.5 Å². The number of aliphatic hydroxyl groups is 1. The summed E-state index contributed by atoms with van der Waals surface area (Å²) in [6, 6.07) is 13.9. The average Bonchev–Trinajstić information content (AvgIpc) is 3.35. The highest BCUT2D eigenvalue weighted by atomic mass is 19.1. The van der Waals surface area contributed by atoms with E-state index in [2.05, 4.69) is 4.90 Å². The number of benzene rings is 2. The minimum atomic E-state index is -0.562. The lowest BCUT2D eigenvalue weighted by Gasteiger charge is -2.25. The summed E-state index contributed by atoms with van der Waals surface area (Å²) in [4.78, 5) is 2.10. The number of rotatable bonds is 7. The standard InChI is InChI=1S/C19H21F2NO/c20-16-7-6-15(19(21)11-16)12-22(17-8-9-17)13-18(23)10-14-4-2-1-3-5-14/h1-7,11,17-18,23H,8-10,12-13H2. The summed E-state index contributed by atoms with van der Waals surface area (Å²) in [5.41, 5.74) is 1.56. The van der Waals surface area contributed by atoms with Gasteiger partial charge in [-0.15, -0.1) is 0 Å². The zero-order chi connectivity index (χ0) is 16.2. The van der Waals surface area contributed by atoms with Gasteiger partial charge in [-0.2, -0.15) is 0 Å². The molecule has 0 heterocycles. The second-order valence-corrected chi connectivity index (χ2v) is 6.24. The van der Waals surface area contributed by atoms with E-state index in [1.54, 1.807) is 0 Å². The van der Waals surface area contributed by atoms with E-state index in [1.165, 1.54) is 12.1 Å². The maximum atomic E-state index is 13.8. The molecule has 0 amide bonds. The molecule has 0 saturated heterocycles. The molecule has 2 nitrogen and oxygen atoms in total. The second kappa shape index (κ2) is 7.20. The quantitative estimate of drug-likeness (QED) is 0.844. The minimum Gasteiger partial charge on any atom is -0.391 e. The van der Waals surface area contributed by atoms with Gasteiger partial charge in [0.05, 0.1) is 6.10 Å². The highest BCUT2D eigenvalue weighted by molar-refractivity contribution is 5.19. The molecule has 1 atom stereocenters. The summed E-state index contributed by atoms with van der Waals surface area (Å²) in [6.07, 6.45) is 2.22. The molecule has 2 aromatic rings. The Labute approximate surface area is 135 Å². The van der Waals surface area contributed by atoms with Gasteiger partial charge in [0.25, 0.3) is 0 Å². The molecule has 3 rings (SSSR count). The Bertz CT molecular complexity index is 643. The number of halogens is 2. The van der Waals surface area contributed by atoms with Crippen LogP contribution in [0.25, 0.3) is 0 Å². The van der Waals surface area contributed by atoms with Crippen molar-refractivity contribution in [3.63, 3.8) is 0 Å². The van der Waals surface area contributed by atoms with E-state index in [0.29, 0.717) is 31.1 Å². The molecule has 1 N–H and O–H groups in total. The van der Waals surface area contributed by atoms with Gasteiger partial charge in [0.15, 0.2) is 0 Å². The van der Waals surface area contributed by atoms with Crippen molar-refractivity contribution >= 4 is 0 Å². The van der Waals surface area contributed by atoms with Crippen LogP contribution in [0, 0.1) is 11.6 Å². The van der Waals surface area contributed by atoms with Crippen LogP contribution < -0.4 is 0 Å². The lowest BCUT2D eigenvalue weighted by Crippen LogP contribution is -2.35. The largest absolute Gasteiger partial charge is 0.391 e. The first-order chi connectivity index (χ1) is 11.1. The van der Waals surface area contributed by atoms with Crippen LogP contribution in [0.3, 0.4) is 0 Å². The molecule has 1 fully saturated rings. The zero-order valence-electron chi connectivity index (χ0n) is 13.0. The molecule has 0 spiro atoms. The molecule has 1 aliphatic rings. The summed E-state index contributed by atoms with van der Waals surface area (Å²) < 4.78 is 26.9. The molecule has 23 heavy (non-hydrogen) atoms. The van der Waals surface area contributed by atoms with Crippen LogP contribution in [0.1, 0.15) is 24.0 Å². The minimum absolute atomic E-state index is 0.393. The van der Waals surface area contributed by atoms with E-state index in [1.807, 2.05) is 30.3 Å². The van der Waals surface area contributed by atoms with Gasteiger partial charge in [0, 0.05) is 30.8 Å². The van der Waals surface area contributed by atoms with Crippen LogP contribution in [0.5, 0.6) is 0 Å². The summed E-state index contributed by atoms with van der Waals surface area (Å²) in [5, 5.41) is 10.3. The lowest BCUT2D eigenvalue weighted by molar-refractivity contribution is 0.103. The zero-order valence-corrected chi connectivity index (χ0v) is 13.0. The molecule has 0 aliphatic heterocycles. The van der Waals surface area contributed by atoms with Crippen molar-refractivity contribution in [3.05, 3.63) is 71.3 Å². The third kappa shape index (κ3) is 4.60. The van der Waals surface area contributed by atoms with E-state index in [-0.39, 0.29) is 0 Å². The number of aliphatic hydroxyl groups excluding tert-OH is 1. The summed E-state index contributed by atoms with van der Waals surface area (Å²) >= 11 is 0. The molecule has 1 saturated carbocycles. The fourth-order valence-electron chi connectivity index (χ4n) is 2.87. The van der Waals surface area contributed by atoms with Crippen LogP contribution in [0.2, 0.25) is 0 Å². The van der Waals surface area contributed by atoms with Crippen molar-refractivity contribution in [1.29, 1.82) is 0 Å². The molecule has 4 heteroatoms. The Balaban J connectivity index is 1.62. The van der Waals surface area contributed by atoms with Gasteiger partial charge in [-0.25, -0.2) is 8.78 Å². The van der Waals surface area contributed by atoms with E-state index < -0.39 is 17.7 Å². The molecule has 0 radical (unpaired) electrons. The van der Waals surface area contributed by atoms with Gasteiger partial charge >= 0.3 is 0 Å². The number of hydrogen-bond acceptors (Lipinski definition) is 2. The average molecular weight is 317 g/mol. The summed E-state index contributed by atoms with van der Waals surface area (Å²) in [5.74, 6) is -1.08. The predicted molar refractivity (Wildman–Crippen MR) is 85.9 cm³/mol. The Hall–Kier alpha value is -1.78. The molecule has 2 aromatic carbocycles. The first-order valence-electron chi connectivity index (χ1n) is 8.02. The van der Waals surface area contributed by atoms with Crippen LogP contribution in [-0.2, 0) is 13.0 Å². The molecular weight excluding hydrogens is 296 g/mol.